The van der Waals surface area contributed by atoms with Gasteiger partial charge >= 0.3 is 6.09 Å². The molecule has 0 aliphatic carbocycles. The lowest BCUT2D eigenvalue weighted by Gasteiger charge is -2.19. The van der Waals surface area contributed by atoms with Gasteiger partial charge in [-0.05, 0) is 46.3 Å². The molecule has 0 aliphatic heterocycles. The van der Waals surface area contributed by atoms with Crippen molar-refractivity contribution >= 4 is 56.3 Å². The number of hydrogen-bond acceptors (Lipinski definition) is 3. The van der Waals surface area contributed by atoms with Gasteiger partial charge in [-0.15, -0.1) is 11.3 Å². The Labute approximate surface area is 134 Å². The van der Waals surface area contributed by atoms with Gasteiger partial charge in [-0.2, -0.15) is 0 Å². The van der Waals surface area contributed by atoms with Crippen LogP contribution in [0.5, 0.6) is 0 Å². The summed E-state index contributed by atoms with van der Waals surface area (Å²) in [7, 11) is 1.96. The lowest BCUT2D eigenvalue weighted by molar-refractivity contribution is 0.210. The lowest BCUT2D eigenvalue weighted by Crippen LogP contribution is -2.15. The Morgan fingerprint density at radius 3 is 2.75 bits per heavy atom. The van der Waals surface area contributed by atoms with Crippen LogP contribution < -0.4 is 10.2 Å². The fourth-order valence-corrected chi connectivity index (χ4v) is 3.48. The van der Waals surface area contributed by atoms with Crippen molar-refractivity contribution in [3.8, 4) is 0 Å². The number of hydrogen-bond donors (Lipinski definition) is 2. The number of thiophene rings is 1. The summed E-state index contributed by atoms with van der Waals surface area (Å²) in [6.07, 6.45) is -1.13. The molecule has 2 rings (SSSR count). The quantitative estimate of drug-likeness (QED) is 0.800. The van der Waals surface area contributed by atoms with Gasteiger partial charge < -0.3 is 10.0 Å². The maximum atomic E-state index is 10.6. The zero-order valence-electron chi connectivity index (χ0n) is 10.6. The Morgan fingerprint density at radius 2 is 2.20 bits per heavy atom. The predicted octanol–water partition coefficient (Wildman–Crippen LogP) is 4.89. The molecule has 20 heavy (non-hydrogen) atoms. The van der Waals surface area contributed by atoms with Crippen LogP contribution in [0, 0.1) is 0 Å². The van der Waals surface area contributed by atoms with Crippen molar-refractivity contribution in [2.45, 2.75) is 6.54 Å². The Morgan fingerprint density at radius 1 is 1.45 bits per heavy atom. The van der Waals surface area contributed by atoms with Gasteiger partial charge in [-0.1, -0.05) is 11.6 Å². The first-order chi connectivity index (χ1) is 9.45. The van der Waals surface area contributed by atoms with Crippen molar-refractivity contribution in [2.24, 2.45) is 0 Å². The molecule has 1 aromatic heterocycles. The maximum Gasteiger partial charge on any atom is 0.409 e. The summed E-state index contributed by atoms with van der Waals surface area (Å²) in [6.45, 7) is 0.762. The second-order valence-electron chi connectivity index (χ2n) is 4.16. The number of nitrogens with one attached hydrogen (secondary N) is 1. The smallest absolute Gasteiger partial charge is 0.409 e. The van der Waals surface area contributed by atoms with Crippen LogP contribution >= 0.6 is 38.9 Å². The van der Waals surface area contributed by atoms with E-state index in [1.165, 1.54) is 4.88 Å². The largest absolute Gasteiger partial charge is 0.465 e. The van der Waals surface area contributed by atoms with E-state index in [4.69, 9.17) is 16.7 Å². The van der Waals surface area contributed by atoms with E-state index in [1.807, 2.05) is 19.2 Å². The highest BCUT2D eigenvalue weighted by atomic mass is 79.9. The van der Waals surface area contributed by atoms with Crippen molar-refractivity contribution in [1.82, 2.24) is 0 Å². The molecule has 7 heteroatoms. The minimum atomic E-state index is -1.13. The van der Waals surface area contributed by atoms with E-state index in [2.05, 4.69) is 32.2 Å². The van der Waals surface area contributed by atoms with Gasteiger partial charge in [0.15, 0.2) is 0 Å². The first kappa shape index (κ1) is 15.2. The molecule has 1 amide bonds. The van der Waals surface area contributed by atoms with Crippen LogP contribution in [0.2, 0.25) is 5.02 Å². The Hall–Kier alpha value is -1.24. The normalized spacial score (nSPS) is 10.3. The van der Waals surface area contributed by atoms with Gasteiger partial charge in [-0.25, -0.2) is 4.79 Å². The van der Waals surface area contributed by atoms with E-state index in [0.29, 0.717) is 10.7 Å². The highest BCUT2D eigenvalue weighted by Crippen LogP contribution is 2.29. The number of carboxylic acid groups (broad SMARTS) is 1. The van der Waals surface area contributed by atoms with Gasteiger partial charge in [0.05, 0.1) is 21.0 Å². The second kappa shape index (κ2) is 6.47. The van der Waals surface area contributed by atoms with Crippen LogP contribution in [0.3, 0.4) is 0 Å². The van der Waals surface area contributed by atoms with Gasteiger partial charge in [0.25, 0.3) is 0 Å². The van der Waals surface area contributed by atoms with Crippen LogP contribution in [0.25, 0.3) is 0 Å². The minimum absolute atomic E-state index is 0.379. The molecule has 0 spiro atoms. The summed E-state index contributed by atoms with van der Waals surface area (Å²) < 4.78 is 1.10. The van der Waals surface area contributed by atoms with Crippen molar-refractivity contribution in [3.05, 3.63) is 44.0 Å². The predicted molar refractivity (Wildman–Crippen MR) is 87.2 cm³/mol. The summed E-state index contributed by atoms with van der Waals surface area (Å²) >= 11 is 11.2. The third-order valence-corrected chi connectivity index (χ3v) is 4.58. The average molecular weight is 376 g/mol. The summed E-state index contributed by atoms with van der Waals surface area (Å²) in [5, 5.41) is 11.3. The van der Waals surface area contributed by atoms with E-state index in [0.717, 1.165) is 16.0 Å². The lowest BCUT2D eigenvalue weighted by atomic mass is 10.2. The fourth-order valence-electron chi connectivity index (χ4n) is 1.72. The molecule has 0 saturated carbocycles. The topological polar surface area (TPSA) is 52.6 Å². The van der Waals surface area contributed by atoms with Gasteiger partial charge in [0.2, 0.25) is 0 Å². The molecule has 1 aromatic carbocycles. The van der Waals surface area contributed by atoms with Gasteiger partial charge in [0, 0.05) is 17.6 Å². The molecule has 1 heterocycles. The van der Waals surface area contributed by atoms with Gasteiger partial charge in [0.1, 0.15) is 0 Å². The number of anilines is 2. The van der Waals surface area contributed by atoms with Crippen LogP contribution in [-0.4, -0.2) is 18.2 Å². The Kier molecular flexibility index (Phi) is 4.91. The number of amides is 1. The summed E-state index contributed by atoms with van der Waals surface area (Å²) in [4.78, 5) is 13.9. The zero-order valence-corrected chi connectivity index (χ0v) is 13.7. The molecule has 0 radical (unpaired) electrons. The number of carbonyl (C=O) groups is 1. The summed E-state index contributed by atoms with van der Waals surface area (Å²) in [6, 6.07) is 9.32. The summed E-state index contributed by atoms with van der Waals surface area (Å²) in [5.41, 5.74) is 1.31. The van der Waals surface area contributed by atoms with E-state index >= 15 is 0 Å². The first-order valence-corrected chi connectivity index (χ1v) is 7.69. The molecule has 0 bridgehead atoms. The Balaban J connectivity index is 2.12. The molecule has 0 fully saturated rings. The van der Waals surface area contributed by atoms with E-state index < -0.39 is 6.09 Å². The highest BCUT2D eigenvalue weighted by Gasteiger charge is 2.09. The number of nitrogens with zero attached hydrogens (tertiary/aromatic N) is 1. The van der Waals surface area contributed by atoms with Crippen molar-refractivity contribution < 1.29 is 9.90 Å². The van der Waals surface area contributed by atoms with Gasteiger partial charge in [-0.3, -0.25) is 5.32 Å². The molecule has 2 aromatic rings. The number of rotatable bonds is 4. The van der Waals surface area contributed by atoms with Crippen LogP contribution in [0.15, 0.2) is 34.1 Å². The molecule has 0 atom stereocenters. The molecule has 0 saturated heterocycles. The van der Waals surface area contributed by atoms with Crippen LogP contribution in [0.4, 0.5) is 16.2 Å². The molecular formula is C13H12BrClN2O2S. The zero-order chi connectivity index (χ0) is 14.7. The number of benzene rings is 1. The SMILES string of the molecule is CN(Cc1ccc(Br)s1)c1ccc(NC(=O)O)c(Cl)c1. The third-order valence-electron chi connectivity index (χ3n) is 2.66. The van der Waals surface area contributed by atoms with Crippen LogP contribution in [-0.2, 0) is 6.54 Å². The maximum absolute atomic E-state index is 10.6. The average Bonchev–Trinajstić information content (AvgIpc) is 2.76. The molecule has 106 valence electrons. The monoisotopic (exact) mass is 374 g/mol. The molecule has 0 unspecified atom stereocenters. The fraction of sp³-hybridized carbons (Fsp3) is 0.154. The summed E-state index contributed by atoms with van der Waals surface area (Å²) in [5.74, 6) is 0. The van der Waals surface area contributed by atoms with Crippen LogP contribution in [0.1, 0.15) is 4.88 Å². The third kappa shape index (κ3) is 3.88. The molecule has 0 aliphatic rings. The van der Waals surface area contributed by atoms with E-state index in [1.54, 1.807) is 23.5 Å². The highest BCUT2D eigenvalue weighted by molar-refractivity contribution is 9.11. The van der Waals surface area contributed by atoms with Crippen molar-refractivity contribution in [3.63, 3.8) is 0 Å². The minimum Gasteiger partial charge on any atom is -0.465 e. The standard InChI is InChI=1S/C13H12BrClN2O2S/c1-17(7-9-3-5-12(14)20-9)8-2-4-11(10(15)6-8)16-13(18)19/h2-6,16H,7H2,1H3,(H,18,19). The molecule has 4 nitrogen and oxygen atoms in total. The molecular weight excluding hydrogens is 364 g/mol. The first-order valence-electron chi connectivity index (χ1n) is 5.70. The molecule has 2 N–H and O–H groups in total. The number of halogens is 2. The Bertz CT molecular complexity index is 633. The second-order valence-corrected chi connectivity index (χ2v) is 7.11. The van der Waals surface area contributed by atoms with E-state index in [9.17, 15) is 4.79 Å². The van der Waals surface area contributed by atoms with Crippen molar-refractivity contribution in [2.75, 3.05) is 17.3 Å². The van der Waals surface area contributed by atoms with E-state index in [-0.39, 0.29) is 0 Å². The van der Waals surface area contributed by atoms with Crippen molar-refractivity contribution in [1.29, 1.82) is 0 Å².